The van der Waals surface area contributed by atoms with Gasteiger partial charge in [0.15, 0.2) is 11.6 Å². The molecule has 0 unspecified atom stereocenters. The molecule has 1 aliphatic rings. The minimum absolute atomic E-state index is 0.0834. The molecule has 0 N–H and O–H groups in total. The summed E-state index contributed by atoms with van der Waals surface area (Å²) in [6.07, 6.45) is 4.55. The number of hydrogen-bond acceptors (Lipinski definition) is 4. The Balaban J connectivity index is 1.97. The van der Waals surface area contributed by atoms with Gasteiger partial charge in [-0.25, -0.2) is 4.39 Å². The van der Waals surface area contributed by atoms with Crippen LogP contribution in [0.1, 0.15) is 37.7 Å². The Bertz CT molecular complexity index is 651. The topological polar surface area (TPSA) is 56.6 Å². The highest BCUT2D eigenvalue weighted by Gasteiger charge is 2.38. The van der Waals surface area contributed by atoms with E-state index >= 15 is 0 Å². The van der Waals surface area contributed by atoms with Crippen molar-refractivity contribution in [2.75, 3.05) is 27.7 Å². The fourth-order valence-electron chi connectivity index (χ4n) is 3.41. The lowest BCUT2D eigenvalue weighted by Gasteiger charge is -2.39. The Morgan fingerprint density at radius 2 is 2.00 bits per heavy atom. The zero-order valence-electron chi connectivity index (χ0n) is 15.2. The summed E-state index contributed by atoms with van der Waals surface area (Å²) < 4.78 is 18.7. The molecule has 2 rings (SSSR count). The van der Waals surface area contributed by atoms with Crippen LogP contribution in [-0.4, -0.2) is 49.0 Å². The molecule has 0 spiro atoms. The van der Waals surface area contributed by atoms with Gasteiger partial charge in [0, 0.05) is 13.6 Å². The molecular formula is C19H26FN3O2. The number of carbonyl (C=O) groups excluding carboxylic acids is 1. The fourth-order valence-corrected chi connectivity index (χ4v) is 3.41. The molecule has 136 valence electrons. The van der Waals surface area contributed by atoms with Gasteiger partial charge in [0.1, 0.15) is 5.54 Å². The summed E-state index contributed by atoms with van der Waals surface area (Å²) in [5.74, 6) is -0.294. The first-order valence-electron chi connectivity index (χ1n) is 8.61. The highest BCUT2D eigenvalue weighted by atomic mass is 19.1. The second kappa shape index (κ2) is 8.30. The quantitative estimate of drug-likeness (QED) is 0.794. The van der Waals surface area contributed by atoms with E-state index in [0.29, 0.717) is 6.54 Å². The fraction of sp³-hybridized carbons (Fsp3) is 0.579. The number of nitrogens with zero attached hydrogens (tertiary/aromatic N) is 3. The molecule has 0 aromatic heterocycles. The van der Waals surface area contributed by atoms with E-state index < -0.39 is 11.4 Å². The maximum atomic E-state index is 13.8. The van der Waals surface area contributed by atoms with E-state index in [1.165, 1.54) is 13.2 Å². The third-order valence-corrected chi connectivity index (χ3v) is 4.98. The summed E-state index contributed by atoms with van der Waals surface area (Å²) in [5, 5.41) is 9.60. The van der Waals surface area contributed by atoms with Crippen LogP contribution in [0.2, 0.25) is 0 Å². The number of rotatable bonds is 6. The van der Waals surface area contributed by atoms with Gasteiger partial charge in [0.2, 0.25) is 5.91 Å². The number of amides is 1. The number of benzene rings is 1. The summed E-state index contributed by atoms with van der Waals surface area (Å²) in [7, 11) is 4.96. The molecule has 25 heavy (non-hydrogen) atoms. The second-order valence-electron chi connectivity index (χ2n) is 6.80. The molecule has 0 atom stereocenters. The predicted octanol–water partition coefficient (Wildman–Crippen LogP) is 2.95. The van der Waals surface area contributed by atoms with Crippen molar-refractivity contribution in [1.29, 1.82) is 5.26 Å². The van der Waals surface area contributed by atoms with Crippen molar-refractivity contribution in [1.82, 2.24) is 9.80 Å². The van der Waals surface area contributed by atoms with Crippen LogP contribution in [0.15, 0.2) is 18.2 Å². The van der Waals surface area contributed by atoms with Crippen molar-refractivity contribution in [2.45, 2.75) is 44.2 Å². The largest absolute Gasteiger partial charge is 0.494 e. The van der Waals surface area contributed by atoms with Crippen LogP contribution in [-0.2, 0) is 11.3 Å². The SMILES string of the molecule is COc1ccc(CN(C)CC(=O)N(C)C2(C#N)CCCCC2)cc1F. The van der Waals surface area contributed by atoms with E-state index in [4.69, 9.17) is 4.74 Å². The second-order valence-corrected chi connectivity index (χ2v) is 6.80. The van der Waals surface area contributed by atoms with Crippen LogP contribution < -0.4 is 4.74 Å². The summed E-state index contributed by atoms with van der Waals surface area (Å²) in [4.78, 5) is 16.0. The zero-order chi connectivity index (χ0) is 18.4. The van der Waals surface area contributed by atoms with Crippen LogP contribution in [0.25, 0.3) is 0 Å². The van der Waals surface area contributed by atoms with Gasteiger partial charge in [-0.1, -0.05) is 25.3 Å². The molecule has 1 fully saturated rings. The van der Waals surface area contributed by atoms with Crippen LogP contribution in [0.5, 0.6) is 5.75 Å². The average Bonchev–Trinajstić information content (AvgIpc) is 2.61. The van der Waals surface area contributed by atoms with Crippen molar-refractivity contribution in [3.63, 3.8) is 0 Å². The third kappa shape index (κ3) is 4.49. The molecular weight excluding hydrogens is 321 g/mol. The van der Waals surface area contributed by atoms with Crippen molar-refractivity contribution < 1.29 is 13.9 Å². The maximum Gasteiger partial charge on any atom is 0.237 e. The lowest BCUT2D eigenvalue weighted by molar-refractivity contribution is -0.135. The van der Waals surface area contributed by atoms with Crippen LogP contribution >= 0.6 is 0 Å². The Morgan fingerprint density at radius 1 is 1.32 bits per heavy atom. The average molecular weight is 347 g/mol. The number of hydrogen-bond donors (Lipinski definition) is 0. The molecule has 1 aliphatic carbocycles. The molecule has 0 saturated heterocycles. The van der Waals surface area contributed by atoms with E-state index in [-0.39, 0.29) is 18.2 Å². The Morgan fingerprint density at radius 3 is 2.56 bits per heavy atom. The van der Waals surface area contributed by atoms with Crippen LogP contribution in [0.3, 0.4) is 0 Å². The molecule has 6 heteroatoms. The Kier molecular flexibility index (Phi) is 6.38. The zero-order valence-corrected chi connectivity index (χ0v) is 15.2. The molecule has 1 aromatic rings. The third-order valence-electron chi connectivity index (χ3n) is 4.98. The normalized spacial score (nSPS) is 16.3. The molecule has 1 saturated carbocycles. The van der Waals surface area contributed by atoms with Gasteiger partial charge in [-0.2, -0.15) is 5.26 Å². The first kappa shape index (κ1) is 19.2. The molecule has 0 bridgehead atoms. The van der Waals surface area contributed by atoms with Gasteiger partial charge in [-0.05, 0) is 37.6 Å². The molecule has 1 amide bonds. The monoisotopic (exact) mass is 347 g/mol. The van der Waals surface area contributed by atoms with Crippen molar-refractivity contribution in [2.24, 2.45) is 0 Å². The van der Waals surface area contributed by atoms with Gasteiger partial charge in [-0.15, -0.1) is 0 Å². The van der Waals surface area contributed by atoms with E-state index in [2.05, 4.69) is 6.07 Å². The molecule has 1 aromatic carbocycles. The Hall–Kier alpha value is -2.13. The van der Waals surface area contributed by atoms with E-state index in [9.17, 15) is 14.4 Å². The lowest BCUT2D eigenvalue weighted by atomic mass is 9.81. The molecule has 0 heterocycles. The minimum atomic E-state index is -0.678. The molecule has 0 aliphatic heterocycles. The van der Waals surface area contributed by atoms with Crippen molar-refractivity contribution in [3.05, 3.63) is 29.6 Å². The van der Waals surface area contributed by atoms with Gasteiger partial charge >= 0.3 is 0 Å². The standard InChI is InChI=1S/C19H26FN3O2/c1-22(12-15-7-8-17(25-3)16(20)11-15)13-18(24)23(2)19(14-21)9-5-4-6-10-19/h7-8,11H,4-6,9-10,12-13H2,1-3H3. The first-order chi connectivity index (χ1) is 11.9. The maximum absolute atomic E-state index is 13.8. The first-order valence-corrected chi connectivity index (χ1v) is 8.61. The van der Waals surface area contributed by atoms with Crippen molar-refractivity contribution in [3.8, 4) is 11.8 Å². The number of nitriles is 1. The lowest BCUT2D eigenvalue weighted by Crippen LogP contribution is -2.52. The highest BCUT2D eigenvalue weighted by Crippen LogP contribution is 2.32. The van der Waals surface area contributed by atoms with Gasteiger partial charge in [-0.3, -0.25) is 9.69 Å². The smallest absolute Gasteiger partial charge is 0.237 e. The number of halogens is 1. The van der Waals surface area contributed by atoms with Crippen LogP contribution in [0.4, 0.5) is 4.39 Å². The summed E-state index contributed by atoms with van der Waals surface area (Å²) in [5.41, 5.74) is 0.0893. The number of methoxy groups -OCH3 is 1. The number of likely N-dealkylation sites (N-methyl/N-ethyl adjacent to an activating group) is 2. The Labute approximate surface area is 149 Å². The predicted molar refractivity (Wildman–Crippen MR) is 93.5 cm³/mol. The van der Waals surface area contributed by atoms with Gasteiger partial charge < -0.3 is 9.64 Å². The van der Waals surface area contributed by atoms with Gasteiger partial charge in [0.25, 0.3) is 0 Å². The van der Waals surface area contributed by atoms with Crippen LogP contribution in [0, 0.1) is 17.1 Å². The van der Waals surface area contributed by atoms with Gasteiger partial charge in [0.05, 0.1) is 19.7 Å². The molecule has 0 radical (unpaired) electrons. The van der Waals surface area contributed by atoms with Crippen molar-refractivity contribution >= 4 is 5.91 Å². The summed E-state index contributed by atoms with van der Waals surface area (Å²) >= 11 is 0. The minimum Gasteiger partial charge on any atom is -0.494 e. The van der Waals surface area contributed by atoms with E-state index in [0.717, 1.165) is 37.7 Å². The number of carbonyl (C=O) groups is 1. The van der Waals surface area contributed by atoms with E-state index in [1.54, 1.807) is 24.1 Å². The highest BCUT2D eigenvalue weighted by molar-refractivity contribution is 5.79. The summed E-state index contributed by atoms with van der Waals surface area (Å²) in [6, 6.07) is 7.15. The summed E-state index contributed by atoms with van der Waals surface area (Å²) in [6.45, 7) is 0.633. The molecule has 5 nitrogen and oxygen atoms in total. The number of ether oxygens (including phenoxy) is 1. The van der Waals surface area contributed by atoms with E-state index in [1.807, 2.05) is 11.9 Å².